The van der Waals surface area contributed by atoms with Crippen LogP contribution in [0.2, 0.25) is 0 Å². The summed E-state index contributed by atoms with van der Waals surface area (Å²) in [5.41, 5.74) is 0. The summed E-state index contributed by atoms with van der Waals surface area (Å²) in [7, 11) is 0. The SMILES string of the molecule is CCCCCCCCCCCCCCCCC/C=C/CC/C=C/CC/C=C/C(O)C(CO)NC(=O)C(O)CCCCCCCCCCCCCCCCC. The minimum absolute atomic E-state index is 0.379. The summed E-state index contributed by atoms with van der Waals surface area (Å²) in [6.07, 6.45) is 56.2. The van der Waals surface area contributed by atoms with E-state index in [-0.39, 0.29) is 6.61 Å². The molecule has 4 N–H and O–H groups in total. The number of aliphatic hydroxyl groups excluding tert-OH is 3. The van der Waals surface area contributed by atoms with Gasteiger partial charge in [-0.25, -0.2) is 0 Å². The highest BCUT2D eigenvalue weighted by Crippen LogP contribution is 2.16. The first-order valence-corrected chi connectivity index (χ1v) is 23.8. The van der Waals surface area contributed by atoms with Gasteiger partial charge in [-0.05, 0) is 44.9 Å². The molecule has 3 atom stereocenters. The van der Waals surface area contributed by atoms with E-state index in [1.54, 1.807) is 6.08 Å². The van der Waals surface area contributed by atoms with E-state index < -0.39 is 24.2 Å². The Morgan fingerprint density at radius 3 is 1.13 bits per heavy atom. The van der Waals surface area contributed by atoms with Gasteiger partial charge in [0, 0.05) is 0 Å². The summed E-state index contributed by atoms with van der Waals surface area (Å²) < 4.78 is 0. The quantitative estimate of drug-likeness (QED) is 0.0368. The number of rotatable bonds is 43. The molecule has 0 spiro atoms. The fourth-order valence-corrected chi connectivity index (χ4v) is 7.22. The summed E-state index contributed by atoms with van der Waals surface area (Å²) in [4.78, 5) is 12.5. The van der Waals surface area contributed by atoms with E-state index in [1.165, 1.54) is 180 Å². The van der Waals surface area contributed by atoms with Gasteiger partial charge in [0.2, 0.25) is 5.91 Å². The zero-order valence-corrected chi connectivity index (χ0v) is 36.1. The van der Waals surface area contributed by atoms with Gasteiger partial charge >= 0.3 is 0 Å². The van der Waals surface area contributed by atoms with Crippen LogP contribution in [-0.4, -0.2) is 46.1 Å². The van der Waals surface area contributed by atoms with E-state index in [2.05, 4.69) is 43.5 Å². The molecule has 0 bridgehead atoms. The van der Waals surface area contributed by atoms with Crippen LogP contribution in [0.25, 0.3) is 0 Å². The van der Waals surface area contributed by atoms with E-state index in [0.29, 0.717) is 6.42 Å². The van der Waals surface area contributed by atoms with Gasteiger partial charge in [0.1, 0.15) is 6.10 Å². The van der Waals surface area contributed by atoms with E-state index in [1.807, 2.05) is 6.08 Å². The Morgan fingerprint density at radius 1 is 0.444 bits per heavy atom. The lowest BCUT2D eigenvalue weighted by molar-refractivity contribution is -0.131. The van der Waals surface area contributed by atoms with E-state index in [9.17, 15) is 20.1 Å². The zero-order valence-electron chi connectivity index (χ0n) is 36.1. The molecule has 5 heteroatoms. The molecule has 0 radical (unpaired) electrons. The molecule has 318 valence electrons. The second-order valence-electron chi connectivity index (χ2n) is 16.3. The van der Waals surface area contributed by atoms with Crippen molar-refractivity contribution in [2.24, 2.45) is 0 Å². The maximum Gasteiger partial charge on any atom is 0.249 e. The number of amides is 1. The van der Waals surface area contributed by atoms with Crippen LogP contribution in [0.15, 0.2) is 36.5 Å². The number of carbonyl (C=O) groups excluding carboxylic acids is 1. The number of nitrogens with one attached hydrogen (secondary N) is 1. The normalized spacial score (nSPS) is 13.8. The van der Waals surface area contributed by atoms with E-state index >= 15 is 0 Å². The molecule has 0 saturated heterocycles. The number of unbranched alkanes of at least 4 members (excludes halogenated alkanes) is 31. The smallest absolute Gasteiger partial charge is 0.249 e. The molecular weight excluding hydrogens is 667 g/mol. The number of allylic oxidation sites excluding steroid dienone is 5. The molecule has 0 fully saturated rings. The second kappa shape index (κ2) is 44.3. The first-order chi connectivity index (χ1) is 26.6. The first kappa shape index (κ1) is 52.6. The van der Waals surface area contributed by atoms with Crippen LogP contribution >= 0.6 is 0 Å². The molecule has 0 saturated carbocycles. The Morgan fingerprint density at radius 2 is 0.759 bits per heavy atom. The molecule has 0 aromatic carbocycles. The third-order valence-electron chi connectivity index (χ3n) is 11.0. The number of hydrogen-bond acceptors (Lipinski definition) is 4. The van der Waals surface area contributed by atoms with Gasteiger partial charge in [-0.15, -0.1) is 0 Å². The van der Waals surface area contributed by atoms with Crippen LogP contribution in [0.4, 0.5) is 0 Å². The van der Waals surface area contributed by atoms with Crippen LogP contribution in [0.3, 0.4) is 0 Å². The molecule has 0 aliphatic heterocycles. The van der Waals surface area contributed by atoms with Gasteiger partial charge in [0.15, 0.2) is 0 Å². The number of carbonyl (C=O) groups is 1. The van der Waals surface area contributed by atoms with Gasteiger partial charge in [-0.1, -0.05) is 237 Å². The van der Waals surface area contributed by atoms with Gasteiger partial charge in [0.05, 0.1) is 18.8 Å². The molecule has 0 aliphatic carbocycles. The lowest BCUT2D eigenvalue weighted by Crippen LogP contribution is -2.48. The van der Waals surface area contributed by atoms with Crippen LogP contribution in [-0.2, 0) is 4.79 Å². The van der Waals surface area contributed by atoms with Gasteiger partial charge in [-0.2, -0.15) is 0 Å². The Labute approximate surface area is 336 Å². The fraction of sp³-hybridized carbons (Fsp3) is 0.857. The highest BCUT2D eigenvalue weighted by molar-refractivity contribution is 5.80. The van der Waals surface area contributed by atoms with Crippen molar-refractivity contribution in [1.82, 2.24) is 5.32 Å². The maximum atomic E-state index is 12.5. The molecule has 0 aromatic heterocycles. The minimum atomic E-state index is -1.11. The standard InChI is InChI=1S/C49H93NO4/c1-3-5-7-9-11-13-15-17-19-20-21-22-23-24-25-26-27-28-30-31-33-35-37-39-41-43-47(52)46(45-51)50-49(54)48(53)44-42-40-38-36-34-32-29-18-16-14-12-10-8-6-4-2/h27-28,33,35,41,43,46-48,51-53H,3-26,29-32,34,36-40,42,44-45H2,1-2H3,(H,50,54)/b28-27+,35-33+,43-41+. The number of hydrogen-bond donors (Lipinski definition) is 4. The second-order valence-corrected chi connectivity index (χ2v) is 16.3. The van der Waals surface area contributed by atoms with Crippen molar-refractivity contribution in [2.75, 3.05) is 6.61 Å². The average Bonchev–Trinajstić information content (AvgIpc) is 3.18. The lowest BCUT2D eigenvalue weighted by Gasteiger charge is -2.21. The Kier molecular flexibility index (Phi) is 43.1. The molecular formula is C49H93NO4. The van der Waals surface area contributed by atoms with Crippen molar-refractivity contribution in [3.05, 3.63) is 36.5 Å². The van der Waals surface area contributed by atoms with Crippen molar-refractivity contribution in [2.45, 2.75) is 263 Å². The van der Waals surface area contributed by atoms with Crippen LogP contribution in [0, 0.1) is 0 Å². The monoisotopic (exact) mass is 760 g/mol. The molecule has 1 amide bonds. The van der Waals surface area contributed by atoms with Gasteiger partial charge in [-0.3, -0.25) is 4.79 Å². The molecule has 0 rings (SSSR count). The Hall–Kier alpha value is -1.43. The third-order valence-corrected chi connectivity index (χ3v) is 11.0. The molecule has 0 heterocycles. The van der Waals surface area contributed by atoms with Crippen LogP contribution in [0.5, 0.6) is 0 Å². The molecule has 5 nitrogen and oxygen atoms in total. The highest BCUT2D eigenvalue weighted by Gasteiger charge is 2.22. The summed E-state index contributed by atoms with van der Waals surface area (Å²) in [6, 6.07) is -0.818. The van der Waals surface area contributed by atoms with E-state index in [0.717, 1.165) is 44.9 Å². The van der Waals surface area contributed by atoms with Crippen molar-refractivity contribution in [3.63, 3.8) is 0 Å². The fourth-order valence-electron chi connectivity index (χ4n) is 7.22. The van der Waals surface area contributed by atoms with Gasteiger partial charge < -0.3 is 20.6 Å². The van der Waals surface area contributed by atoms with Crippen LogP contribution < -0.4 is 5.32 Å². The Bertz CT molecular complexity index is 840. The first-order valence-electron chi connectivity index (χ1n) is 23.8. The molecule has 0 aromatic rings. The minimum Gasteiger partial charge on any atom is -0.394 e. The summed E-state index contributed by atoms with van der Waals surface area (Å²) in [5, 5.41) is 33.1. The summed E-state index contributed by atoms with van der Waals surface area (Å²) in [6.45, 7) is 4.18. The maximum absolute atomic E-state index is 12.5. The van der Waals surface area contributed by atoms with Crippen molar-refractivity contribution in [3.8, 4) is 0 Å². The van der Waals surface area contributed by atoms with Crippen molar-refractivity contribution in [1.29, 1.82) is 0 Å². The third kappa shape index (κ3) is 38.8. The summed E-state index contributed by atoms with van der Waals surface area (Å²) in [5.74, 6) is -0.515. The predicted molar refractivity (Wildman–Crippen MR) is 236 cm³/mol. The largest absolute Gasteiger partial charge is 0.394 e. The van der Waals surface area contributed by atoms with Gasteiger partial charge in [0.25, 0.3) is 0 Å². The molecule has 54 heavy (non-hydrogen) atoms. The lowest BCUT2D eigenvalue weighted by atomic mass is 10.0. The topological polar surface area (TPSA) is 89.8 Å². The zero-order chi connectivity index (χ0) is 39.4. The van der Waals surface area contributed by atoms with E-state index in [4.69, 9.17) is 0 Å². The van der Waals surface area contributed by atoms with Crippen molar-refractivity contribution >= 4 is 5.91 Å². The highest BCUT2D eigenvalue weighted by atomic mass is 16.3. The average molecular weight is 760 g/mol. The Balaban J connectivity index is 3.69. The van der Waals surface area contributed by atoms with Crippen LogP contribution in [0.1, 0.15) is 245 Å². The molecule has 3 unspecified atom stereocenters. The number of aliphatic hydroxyl groups is 3. The molecule has 0 aliphatic rings. The summed E-state index contributed by atoms with van der Waals surface area (Å²) >= 11 is 0. The van der Waals surface area contributed by atoms with Crippen molar-refractivity contribution < 1.29 is 20.1 Å². The predicted octanol–water partition coefficient (Wildman–Crippen LogP) is 13.9.